The molecule has 0 saturated carbocycles. The Morgan fingerprint density at radius 2 is 2.06 bits per heavy atom. The smallest absolute Gasteiger partial charge is 0.153 e. The van der Waals surface area contributed by atoms with Crippen LogP contribution in [0.4, 0.5) is 17.2 Å². The fraction of sp³-hybridized carbons (Fsp3) is 0.0833. The van der Waals surface area contributed by atoms with E-state index in [2.05, 4.69) is 26.2 Å². The van der Waals surface area contributed by atoms with Crippen molar-refractivity contribution in [1.82, 2.24) is 4.98 Å². The first-order valence-electron chi connectivity index (χ1n) is 5.01. The van der Waals surface area contributed by atoms with E-state index in [9.17, 15) is 0 Å². The number of halogens is 2. The minimum absolute atomic E-state index is 0.613. The van der Waals surface area contributed by atoms with Gasteiger partial charge in [0.25, 0.3) is 0 Å². The first kappa shape index (κ1) is 12.2. The van der Waals surface area contributed by atoms with Crippen LogP contribution in [0.5, 0.6) is 0 Å². The average Bonchev–Trinajstić information content (AvgIpc) is 2.29. The van der Waals surface area contributed by atoms with Gasteiger partial charge >= 0.3 is 0 Å². The van der Waals surface area contributed by atoms with Crippen molar-refractivity contribution >= 4 is 44.7 Å². The molecule has 0 fully saturated rings. The maximum absolute atomic E-state index is 5.93. The summed E-state index contributed by atoms with van der Waals surface area (Å²) < 4.78 is 0.829. The maximum Gasteiger partial charge on any atom is 0.153 e. The molecular weight excluding hydrogens is 302 g/mol. The number of benzene rings is 1. The molecule has 1 aromatic carbocycles. The molecule has 0 aliphatic heterocycles. The van der Waals surface area contributed by atoms with Crippen LogP contribution in [-0.2, 0) is 0 Å². The van der Waals surface area contributed by atoms with E-state index in [4.69, 9.17) is 17.3 Å². The van der Waals surface area contributed by atoms with E-state index in [1.807, 2.05) is 31.2 Å². The fourth-order valence-corrected chi connectivity index (χ4v) is 1.87. The monoisotopic (exact) mass is 311 g/mol. The molecule has 88 valence electrons. The third-order valence-corrected chi connectivity index (χ3v) is 3.46. The quantitative estimate of drug-likeness (QED) is 0.876. The summed E-state index contributed by atoms with van der Waals surface area (Å²) in [6.07, 6.45) is 0. The Morgan fingerprint density at radius 1 is 1.29 bits per heavy atom. The van der Waals surface area contributed by atoms with Crippen molar-refractivity contribution < 1.29 is 0 Å². The number of nitrogen functional groups attached to an aromatic ring is 1. The Morgan fingerprint density at radius 3 is 2.76 bits per heavy atom. The van der Waals surface area contributed by atoms with E-state index < -0.39 is 0 Å². The van der Waals surface area contributed by atoms with Crippen LogP contribution < -0.4 is 11.1 Å². The Hall–Kier alpha value is -1.26. The van der Waals surface area contributed by atoms with Crippen LogP contribution in [-0.4, -0.2) is 4.98 Å². The zero-order valence-electron chi connectivity index (χ0n) is 9.17. The van der Waals surface area contributed by atoms with Gasteiger partial charge in [-0.3, -0.25) is 0 Å². The molecule has 1 heterocycles. The lowest BCUT2D eigenvalue weighted by atomic mass is 10.3. The SMILES string of the molecule is Cc1ccc(N)c(Nc2ccc(Cl)c(Br)c2)n1. The molecule has 2 rings (SSSR count). The average molecular weight is 313 g/mol. The van der Waals surface area contributed by atoms with Crippen LogP contribution in [0.2, 0.25) is 5.02 Å². The predicted molar refractivity (Wildman–Crippen MR) is 75.8 cm³/mol. The van der Waals surface area contributed by atoms with Crippen molar-refractivity contribution in [2.45, 2.75) is 6.92 Å². The van der Waals surface area contributed by atoms with Gasteiger partial charge in [-0.05, 0) is 53.2 Å². The molecule has 0 unspecified atom stereocenters. The number of nitrogens with two attached hydrogens (primary N) is 1. The van der Waals surface area contributed by atoms with Gasteiger partial charge in [-0.1, -0.05) is 11.6 Å². The summed E-state index contributed by atoms with van der Waals surface area (Å²) in [4.78, 5) is 4.34. The topological polar surface area (TPSA) is 50.9 Å². The molecule has 0 spiro atoms. The number of nitrogens with one attached hydrogen (secondary N) is 1. The summed E-state index contributed by atoms with van der Waals surface area (Å²) in [5.41, 5.74) is 8.25. The van der Waals surface area contributed by atoms with Crippen molar-refractivity contribution in [2.75, 3.05) is 11.1 Å². The van der Waals surface area contributed by atoms with Gasteiger partial charge in [-0.2, -0.15) is 0 Å². The second kappa shape index (κ2) is 4.94. The van der Waals surface area contributed by atoms with Crippen LogP contribution in [0.1, 0.15) is 5.69 Å². The lowest BCUT2D eigenvalue weighted by molar-refractivity contribution is 1.20. The summed E-state index contributed by atoms with van der Waals surface area (Å²) in [6, 6.07) is 9.26. The molecule has 3 nitrogen and oxygen atoms in total. The van der Waals surface area contributed by atoms with Crippen molar-refractivity contribution in [3.05, 3.63) is 45.5 Å². The molecule has 0 bridgehead atoms. The Labute approximate surface area is 113 Å². The summed E-state index contributed by atoms with van der Waals surface area (Å²) >= 11 is 9.29. The highest BCUT2D eigenvalue weighted by molar-refractivity contribution is 9.10. The van der Waals surface area contributed by atoms with Crippen LogP contribution in [0.25, 0.3) is 0 Å². The number of hydrogen-bond donors (Lipinski definition) is 2. The Kier molecular flexibility index (Phi) is 3.54. The molecule has 2 aromatic rings. The van der Waals surface area contributed by atoms with Gasteiger partial charge in [-0.25, -0.2) is 4.98 Å². The third kappa shape index (κ3) is 2.90. The lowest BCUT2D eigenvalue weighted by Crippen LogP contribution is -2.00. The first-order chi connectivity index (χ1) is 8.06. The number of pyridine rings is 1. The highest BCUT2D eigenvalue weighted by Gasteiger charge is 2.03. The van der Waals surface area contributed by atoms with Crippen LogP contribution in [0.15, 0.2) is 34.8 Å². The number of aromatic nitrogens is 1. The zero-order valence-corrected chi connectivity index (χ0v) is 11.5. The van der Waals surface area contributed by atoms with E-state index >= 15 is 0 Å². The van der Waals surface area contributed by atoms with Crippen molar-refractivity contribution in [3.63, 3.8) is 0 Å². The molecule has 0 aliphatic carbocycles. The van der Waals surface area contributed by atoms with E-state index in [-0.39, 0.29) is 0 Å². The molecule has 1 aromatic heterocycles. The molecule has 0 saturated heterocycles. The van der Waals surface area contributed by atoms with Gasteiger partial charge in [0, 0.05) is 15.9 Å². The van der Waals surface area contributed by atoms with Crippen molar-refractivity contribution in [3.8, 4) is 0 Å². The molecule has 0 atom stereocenters. The second-order valence-corrected chi connectivity index (χ2v) is 4.91. The van der Waals surface area contributed by atoms with E-state index in [0.29, 0.717) is 16.5 Å². The number of nitrogens with zero attached hydrogens (tertiary/aromatic N) is 1. The molecule has 0 aliphatic rings. The minimum atomic E-state index is 0.613. The number of hydrogen-bond acceptors (Lipinski definition) is 3. The first-order valence-corrected chi connectivity index (χ1v) is 6.18. The van der Waals surface area contributed by atoms with Gasteiger partial charge in [0.2, 0.25) is 0 Å². The number of aryl methyl sites for hydroxylation is 1. The molecule has 0 radical (unpaired) electrons. The largest absolute Gasteiger partial charge is 0.396 e. The van der Waals surface area contributed by atoms with E-state index in [1.54, 1.807) is 6.07 Å². The highest BCUT2D eigenvalue weighted by Crippen LogP contribution is 2.28. The summed E-state index contributed by atoms with van der Waals surface area (Å²) in [6.45, 7) is 1.92. The van der Waals surface area contributed by atoms with Crippen molar-refractivity contribution in [2.24, 2.45) is 0 Å². The van der Waals surface area contributed by atoms with Gasteiger partial charge in [0.05, 0.1) is 10.7 Å². The number of anilines is 3. The van der Waals surface area contributed by atoms with Gasteiger partial charge < -0.3 is 11.1 Å². The molecule has 17 heavy (non-hydrogen) atoms. The zero-order chi connectivity index (χ0) is 12.4. The fourth-order valence-electron chi connectivity index (χ4n) is 1.38. The predicted octanol–water partition coefficient (Wildman–Crippen LogP) is 4.13. The van der Waals surface area contributed by atoms with Gasteiger partial charge in [0.1, 0.15) is 0 Å². The maximum atomic E-state index is 5.93. The summed E-state index contributed by atoms with van der Waals surface area (Å²) in [5, 5.41) is 3.82. The number of rotatable bonds is 2. The van der Waals surface area contributed by atoms with E-state index in [0.717, 1.165) is 15.9 Å². The highest BCUT2D eigenvalue weighted by atomic mass is 79.9. The van der Waals surface area contributed by atoms with E-state index in [1.165, 1.54) is 0 Å². The normalized spacial score (nSPS) is 10.3. The summed E-state index contributed by atoms with van der Waals surface area (Å²) in [5.74, 6) is 0.652. The molecular formula is C12H11BrClN3. The second-order valence-electron chi connectivity index (χ2n) is 3.64. The van der Waals surface area contributed by atoms with Crippen LogP contribution >= 0.6 is 27.5 Å². The molecule has 3 N–H and O–H groups in total. The minimum Gasteiger partial charge on any atom is -0.396 e. The van der Waals surface area contributed by atoms with Gasteiger partial charge in [-0.15, -0.1) is 0 Å². The summed E-state index contributed by atoms with van der Waals surface area (Å²) in [7, 11) is 0. The third-order valence-electron chi connectivity index (χ3n) is 2.25. The van der Waals surface area contributed by atoms with Crippen LogP contribution in [0.3, 0.4) is 0 Å². The Bertz CT molecular complexity index is 557. The van der Waals surface area contributed by atoms with Gasteiger partial charge in [0.15, 0.2) is 5.82 Å². The standard InChI is InChI=1S/C12H11BrClN3/c1-7-2-5-11(15)12(16-7)17-8-3-4-10(14)9(13)6-8/h2-6H,15H2,1H3,(H,16,17). The molecule has 0 amide bonds. The van der Waals surface area contributed by atoms with Crippen molar-refractivity contribution in [1.29, 1.82) is 0 Å². The van der Waals surface area contributed by atoms with Crippen LogP contribution in [0, 0.1) is 6.92 Å². The Balaban J connectivity index is 2.31. The lowest BCUT2D eigenvalue weighted by Gasteiger charge is -2.09. The molecule has 5 heteroatoms.